The summed E-state index contributed by atoms with van der Waals surface area (Å²) in [7, 11) is 0. The number of esters is 1. The molecule has 3 heteroatoms. The lowest BCUT2D eigenvalue weighted by Crippen LogP contribution is -2.52. The molecule has 0 spiro atoms. The molecule has 0 rings (SSSR count). The minimum atomic E-state index is -0.538. The fourth-order valence-electron chi connectivity index (χ4n) is 1.23. The second-order valence-corrected chi connectivity index (χ2v) is 3.71. The van der Waals surface area contributed by atoms with E-state index in [1.807, 2.05) is 34.6 Å². The van der Waals surface area contributed by atoms with Crippen LogP contribution in [0.15, 0.2) is 0 Å². The molecule has 78 valence electrons. The van der Waals surface area contributed by atoms with E-state index < -0.39 is 5.54 Å². The molecular formula is C10H21NO2. The van der Waals surface area contributed by atoms with E-state index in [0.29, 0.717) is 6.61 Å². The zero-order chi connectivity index (χ0) is 10.5. The van der Waals surface area contributed by atoms with Gasteiger partial charge in [0.25, 0.3) is 0 Å². The van der Waals surface area contributed by atoms with Crippen LogP contribution >= 0.6 is 0 Å². The number of nitrogens with one attached hydrogen (secondary N) is 1. The molecule has 0 aliphatic heterocycles. The lowest BCUT2D eigenvalue weighted by molar-refractivity contribution is -0.151. The number of rotatable bonds is 5. The van der Waals surface area contributed by atoms with Crippen LogP contribution in [0.4, 0.5) is 0 Å². The van der Waals surface area contributed by atoms with Gasteiger partial charge in [0.1, 0.15) is 5.54 Å². The molecule has 0 aromatic carbocycles. The predicted molar refractivity (Wildman–Crippen MR) is 53.6 cm³/mol. The standard InChI is InChI=1S/C10H21NO2/c1-6-10(5,11-8(3)4)9(12)13-7-2/h8,11H,6-7H2,1-5H3. The molecule has 1 atom stereocenters. The maximum atomic E-state index is 11.5. The summed E-state index contributed by atoms with van der Waals surface area (Å²) in [6.07, 6.45) is 0.740. The van der Waals surface area contributed by atoms with Crippen LogP contribution in [0.1, 0.15) is 41.0 Å². The first kappa shape index (κ1) is 12.4. The van der Waals surface area contributed by atoms with Crippen molar-refractivity contribution < 1.29 is 9.53 Å². The van der Waals surface area contributed by atoms with Crippen molar-refractivity contribution in [2.75, 3.05) is 6.61 Å². The molecule has 1 N–H and O–H groups in total. The average Bonchev–Trinajstić information content (AvgIpc) is 2.03. The molecule has 0 saturated carbocycles. The Labute approximate surface area is 80.8 Å². The Morgan fingerprint density at radius 3 is 2.31 bits per heavy atom. The maximum Gasteiger partial charge on any atom is 0.326 e. The van der Waals surface area contributed by atoms with Crippen LogP contribution in [-0.2, 0) is 9.53 Å². The molecule has 0 radical (unpaired) electrons. The summed E-state index contributed by atoms with van der Waals surface area (Å²) >= 11 is 0. The van der Waals surface area contributed by atoms with Crippen LogP contribution in [0.3, 0.4) is 0 Å². The topological polar surface area (TPSA) is 38.3 Å². The predicted octanol–water partition coefficient (Wildman–Crippen LogP) is 1.72. The van der Waals surface area contributed by atoms with Gasteiger partial charge in [-0.1, -0.05) is 6.92 Å². The van der Waals surface area contributed by atoms with Gasteiger partial charge in [0.15, 0.2) is 0 Å². The smallest absolute Gasteiger partial charge is 0.326 e. The van der Waals surface area contributed by atoms with Crippen molar-refractivity contribution in [3.63, 3.8) is 0 Å². The number of carbonyl (C=O) groups excluding carboxylic acids is 1. The van der Waals surface area contributed by atoms with Gasteiger partial charge in [-0.2, -0.15) is 0 Å². The van der Waals surface area contributed by atoms with Gasteiger partial charge in [-0.15, -0.1) is 0 Å². The molecular weight excluding hydrogens is 166 g/mol. The molecule has 0 amide bonds. The van der Waals surface area contributed by atoms with Crippen molar-refractivity contribution in [2.45, 2.75) is 52.6 Å². The molecule has 0 saturated heterocycles. The Balaban J connectivity index is 4.33. The molecule has 0 aromatic rings. The van der Waals surface area contributed by atoms with Crippen molar-refractivity contribution in [1.29, 1.82) is 0 Å². The Morgan fingerprint density at radius 2 is 2.00 bits per heavy atom. The van der Waals surface area contributed by atoms with E-state index >= 15 is 0 Å². The zero-order valence-electron chi connectivity index (χ0n) is 9.31. The summed E-state index contributed by atoms with van der Waals surface area (Å²) in [5.74, 6) is -0.161. The Kier molecular flexibility index (Phi) is 4.99. The molecule has 0 aliphatic rings. The third-order valence-electron chi connectivity index (χ3n) is 2.04. The van der Waals surface area contributed by atoms with E-state index in [1.54, 1.807) is 0 Å². The van der Waals surface area contributed by atoms with Crippen molar-refractivity contribution in [2.24, 2.45) is 0 Å². The van der Waals surface area contributed by atoms with Gasteiger partial charge in [0.2, 0.25) is 0 Å². The van der Waals surface area contributed by atoms with Crippen molar-refractivity contribution in [1.82, 2.24) is 5.32 Å². The van der Waals surface area contributed by atoms with Crippen LogP contribution in [0.5, 0.6) is 0 Å². The zero-order valence-corrected chi connectivity index (χ0v) is 9.31. The van der Waals surface area contributed by atoms with Gasteiger partial charge < -0.3 is 4.74 Å². The summed E-state index contributed by atoms with van der Waals surface area (Å²) in [6, 6.07) is 0.286. The largest absolute Gasteiger partial charge is 0.465 e. The highest BCUT2D eigenvalue weighted by molar-refractivity contribution is 5.80. The summed E-state index contributed by atoms with van der Waals surface area (Å²) < 4.78 is 5.00. The molecule has 0 aliphatic carbocycles. The van der Waals surface area contributed by atoms with Crippen LogP contribution < -0.4 is 5.32 Å². The second kappa shape index (κ2) is 5.22. The summed E-state index contributed by atoms with van der Waals surface area (Å²) in [5.41, 5.74) is -0.538. The van der Waals surface area contributed by atoms with E-state index in [4.69, 9.17) is 4.74 Å². The van der Waals surface area contributed by atoms with E-state index in [1.165, 1.54) is 0 Å². The average molecular weight is 187 g/mol. The second-order valence-electron chi connectivity index (χ2n) is 3.71. The van der Waals surface area contributed by atoms with Gasteiger partial charge >= 0.3 is 5.97 Å². The molecule has 0 fully saturated rings. The molecule has 1 unspecified atom stereocenters. The number of hydrogen-bond acceptors (Lipinski definition) is 3. The highest BCUT2D eigenvalue weighted by atomic mass is 16.5. The molecule has 0 heterocycles. The summed E-state index contributed by atoms with van der Waals surface area (Å²) in [6.45, 7) is 10.2. The third kappa shape index (κ3) is 3.77. The lowest BCUT2D eigenvalue weighted by atomic mass is 9.98. The van der Waals surface area contributed by atoms with Gasteiger partial charge in [-0.05, 0) is 34.1 Å². The Hall–Kier alpha value is -0.570. The Morgan fingerprint density at radius 1 is 1.46 bits per heavy atom. The van der Waals surface area contributed by atoms with Gasteiger partial charge in [-0.3, -0.25) is 10.1 Å². The highest BCUT2D eigenvalue weighted by Crippen LogP contribution is 2.12. The minimum absolute atomic E-state index is 0.161. The first-order valence-electron chi connectivity index (χ1n) is 4.91. The third-order valence-corrected chi connectivity index (χ3v) is 2.04. The van der Waals surface area contributed by atoms with Crippen molar-refractivity contribution in [3.8, 4) is 0 Å². The fraction of sp³-hybridized carbons (Fsp3) is 0.900. The molecule has 0 aromatic heterocycles. The molecule has 0 bridgehead atoms. The van der Waals surface area contributed by atoms with Crippen LogP contribution in [-0.4, -0.2) is 24.2 Å². The van der Waals surface area contributed by atoms with Crippen molar-refractivity contribution >= 4 is 5.97 Å². The molecule has 3 nitrogen and oxygen atoms in total. The van der Waals surface area contributed by atoms with Gasteiger partial charge in [0, 0.05) is 6.04 Å². The first-order valence-corrected chi connectivity index (χ1v) is 4.91. The number of hydrogen-bond donors (Lipinski definition) is 1. The van der Waals surface area contributed by atoms with E-state index in [-0.39, 0.29) is 12.0 Å². The van der Waals surface area contributed by atoms with Gasteiger partial charge in [-0.25, -0.2) is 0 Å². The van der Waals surface area contributed by atoms with E-state index in [9.17, 15) is 4.79 Å². The summed E-state index contributed by atoms with van der Waals surface area (Å²) in [4.78, 5) is 11.5. The SMILES string of the molecule is CCOC(=O)C(C)(CC)NC(C)C. The van der Waals surface area contributed by atoms with Crippen LogP contribution in [0.25, 0.3) is 0 Å². The minimum Gasteiger partial charge on any atom is -0.465 e. The monoisotopic (exact) mass is 187 g/mol. The maximum absolute atomic E-state index is 11.5. The number of carbonyl (C=O) groups is 1. The Bertz CT molecular complexity index is 168. The first-order chi connectivity index (χ1) is 5.96. The van der Waals surface area contributed by atoms with E-state index in [0.717, 1.165) is 6.42 Å². The number of ether oxygens (including phenoxy) is 1. The van der Waals surface area contributed by atoms with E-state index in [2.05, 4.69) is 5.32 Å². The fourth-order valence-corrected chi connectivity index (χ4v) is 1.23. The van der Waals surface area contributed by atoms with Crippen LogP contribution in [0, 0.1) is 0 Å². The highest BCUT2D eigenvalue weighted by Gasteiger charge is 2.32. The summed E-state index contributed by atoms with van der Waals surface area (Å²) in [5, 5.41) is 3.22. The van der Waals surface area contributed by atoms with Gasteiger partial charge in [0.05, 0.1) is 6.61 Å². The lowest BCUT2D eigenvalue weighted by Gasteiger charge is -2.29. The van der Waals surface area contributed by atoms with Crippen LogP contribution in [0.2, 0.25) is 0 Å². The molecule has 13 heavy (non-hydrogen) atoms. The van der Waals surface area contributed by atoms with Crippen molar-refractivity contribution in [3.05, 3.63) is 0 Å². The normalized spacial score (nSPS) is 15.5. The quantitative estimate of drug-likeness (QED) is 0.666.